The Morgan fingerprint density at radius 2 is 2.00 bits per heavy atom. The number of benzene rings is 1. The summed E-state index contributed by atoms with van der Waals surface area (Å²) >= 11 is 0. The maximum atomic E-state index is 11.9. The average Bonchev–Trinajstić information content (AvgIpc) is 3.06. The number of rotatable bonds is 9. The predicted molar refractivity (Wildman–Crippen MR) is 94.0 cm³/mol. The van der Waals surface area contributed by atoms with Gasteiger partial charge in [0.05, 0.1) is 12.1 Å². The second-order valence-electron chi connectivity index (χ2n) is 6.11. The molecule has 134 valence electrons. The van der Waals surface area contributed by atoms with Crippen molar-refractivity contribution in [1.82, 2.24) is 10.3 Å². The van der Waals surface area contributed by atoms with E-state index in [-0.39, 0.29) is 18.9 Å². The highest BCUT2D eigenvalue weighted by Gasteiger charge is 2.17. The van der Waals surface area contributed by atoms with Gasteiger partial charge in [0.25, 0.3) is 0 Å². The zero-order chi connectivity index (χ0) is 18.2. The molecule has 1 heterocycles. The molecule has 1 atom stereocenters. The van der Waals surface area contributed by atoms with E-state index in [2.05, 4.69) is 10.3 Å². The molecule has 2 aromatic rings. The van der Waals surface area contributed by atoms with Gasteiger partial charge in [-0.1, -0.05) is 43.2 Å². The third-order valence-corrected chi connectivity index (χ3v) is 3.99. The van der Waals surface area contributed by atoms with Gasteiger partial charge in [0.1, 0.15) is 0 Å². The van der Waals surface area contributed by atoms with Crippen LogP contribution < -0.4 is 5.32 Å². The van der Waals surface area contributed by atoms with Crippen LogP contribution in [0.25, 0.3) is 11.3 Å². The number of carboxylic acids is 1. The Morgan fingerprint density at radius 1 is 1.28 bits per heavy atom. The fourth-order valence-electron chi connectivity index (χ4n) is 2.48. The van der Waals surface area contributed by atoms with Crippen molar-refractivity contribution in [2.75, 3.05) is 6.54 Å². The summed E-state index contributed by atoms with van der Waals surface area (Å²) in [6, 6.07) is 7.93. The van der Waals surface area contributed by atoms with Gasteiger partial charge in [0.2, 0.25) is 5.91 Å². The van der Waals surface area contributed by atoms with Crippen LogP contribution in [0.5, 0.6) is 0 Å². The SMILES string of the molecule is CCCC(CNC(=O)CCc1ncc(-c2ccc(C)cc2)o1)C(=O)O. The van der Waals surface area contributed by atoms with Gasteiger partial charge in [-0.3, -0.25) is 9.59 Å². The highest BCUT2D eigenvalue weighted by molar-refractivity contribution is 5.77. The standard InChI is InChI=1S/C19H24N2O4/c1-3-4-15(19(23)24)11-20-17(22)9-10-18-21-12-16(25-18)14-7-5-13(2)6-8-14/h5-8,12,15H,3-4,9-11H2,1-2H3,(H,20,22)(H,23,24). The van der Waals surface area contributed by atoms with Crippen LogP contribution in [0, 0.1) is 12.8 Å². The summed E-state index contributed by atoms with van der Waals surface area (Å²) < 4.78 is 5.68. The van der Waals surface area contributed by atoms with E-state index >= 15 is 0 Å². The zero-order valence-corrected chi connectivity index (χ0v) is 14.6. The molecule has 0 saturated carbocycles. The normalized spacial score (nSPS) is 11.9. The van der Waals surface area contributed by atoms with Gasteiger partial charge in [-0.15, -0.1) is 0 Å². The number of oxazole rings is 1. The van der Waals surface area contributed by atoms with Gasteiger partial charge < -0.3 is 14.8 Å². The monoisotopic (exact) mass is 344 g/mol. The summed E-state index contributed by atoms with van der Waals surface area (Å²) in [6.45, 7) is 4.10. The summed E-state index contributed by atoms with van der Waals surface area (Å²) in [5, 5.41) is 11.8. The first kappa shape index (κ1) is 18.7. The quantitative estimate of drug-likeness (QED) is 0.729. The number of aryl methyl sites for hydroxylation is 2. The molecule has 0 aliphatic rings. The maximum absolute atomic E-state index is 11.9. The predicted octanol–water partition coefficient (Wildman–Crippen LogP) is 3.20. The van der Waals surface area contributed by atoms with Crippen LogP contribution in [0.3, 0.4) is 0 Å². The van der Waals surface area contributed by atoms with E-state index < -0.39 is 11.9 Å². The zero-order valence-electron chi connectivity index (χ0n) is 14.6. The molecule has 1 aromatic heterocycles. The molecular formula is C19H24N2O4. The van der Waals surface area contributed by atoms with Crippen molar-refractivity contribution in [3.8, 4) is 11.3 Å². The van der Waals surface area contributed by atoms with E-state index in [0.29, 0.717) is 24.5 Å². The number of hydrogen-bond donors (Lipinski definition) is 2. The number of carbonyl (C=O) groups excluding carboxylic acids is 1. The molecule has 0 fully saturated rings. The Morgan fingerprint density at radius 3 is 2.64 bits per heavy atom. The molecule has 0 saturated heterocycles. The Balaban J connectivity index is 1.82. The molecule has 6 heteroatoms. The van der Waals surface area contributed by atoms with E-state index in [0.717, 1.165) is 12.0 Å². The largest absolute Gasteiger partial charge is 0.481 e. The Kier molecular flexibility index (Phi) is 6.74. The van der Waals surface area contributed by atoms with Crippen molar-refractivity contribution in [2.24, 2.45) is 5.92 Å². The molecular weight excluding hydrogens is 320 g/mol. The lowest BCUT2D eigenvalue weighted by atomic mass is 10.0. The summed E-state index contributed by atoms with van der Waals surface area (Å²) in [4.78, 5) is 27.2. The van der Waals surface area contributed by atoms with Gasteiger partial charge in [-0.05, 0) is 13.3 Å². The van der Waals surface area contributed by atoms with Gasteiger partial charge in [-0.2, -0.15) is 0 Å². The number of amides is 1. The highest BCUT2D eigenvalue weighted by Crippen LogP contribution is 2.21. The molecule has 0 aliphatic carbocycles. The van der Waals surface area contributed by atoms with Gasteiger partial charge in [0.15, 0.2) is 11.7 Å². The highest BCUT2D eigenvalue weighted by atomic mass is 16.4. The first-order valence-electron chi connectivity index (χ1n) is 8.50. The van der Waals surface area contributed by atoms with Crippen LogP contribution in [0.1, 0.15) is 37.6 Å². The summed E-state index contributed by atoms with van der Waals surface area (Å²) in [5.41, 5.74) is 2.11. The van der Waals surface area contributed by atoms with Gasteiger partial charge in [-0.25, -0.2) is 4.98 Å². The van der Waals surface area contributed by atoms with Crippen LogP contribution in [-0.2, 0) is 16.0 Å². The average molecular weight is 344 g/mol. The number of nitrogens with one attached hydrogen (secondary N) is 1. The Bertz CT molecular complexity index is 706. The van der Waals surface area contributed by atoms with Crippen LogP contribution >= 0.6 is 0 Å². The lowest BCUT2D eigenvalue weighted by Gasteiger charge is -2.11. The summed E-state index contributed by atoms with van der Waals surface area (Å²) in [7, 11) is 0. The first-order valence-corrected chi connectivity index (χ1v) is 8.50. The number of hydrogen-bond acceptors (Lipinski definition) is 4. The number of carbonyl (C=O) groups is 2. The lowest BCUT2D eigenvalue weighted by molar-refractivity contribution is -0.141. The van der Waals surface area contributed by atoms with Crippen LogP contribution in [-0.4, -0.2) is 28.5 Å². The maximum Gasteiger partial charge on any atom is 0.308 e. The Labute approximate surface area is 147 Å². The molecule has 1 unspecified atom stereocenters. The van der Waals surface area contributed by atoms with Crippen molar-refractivity contribution in [3.05, 3.63) is 41.9 Å². The lowest BCUT2D eigenvalue weighted by Crippen LogP contribution is -2.33. The second-order valence-corrected chi connectivity index (χ2v) is 6.11. The third kappa shape index (κ3) is 5.74. The minimum atomic E-state index is -0.877. The van der Waals surface area contributed by atoms with Gasteiger partial charge >= 0.3 is 5.97 Å². The van der Waals surface area contributed by atoms with E-state index in [1.807, 2.05) is 38.1 Å². The van der Waals surface area contributed by atoms with Crippen LogP contribution in [0.15, 0.2) is 34.9 Å². The molecule has 6 nitrogen and oxygen atoms in total. The minimum Gasteiger partial charge on any atom is -0.481 e. The molecule has 0 bridgehead atoms. The number of nitrogens with zero attached hydrogens (tertiary/aromatic N) is 1. The van der Waals surface area contributed by atoms with Gasteiger partial charge in [0, 0.05) is 24.9 Å². The summed E-state index contributed by atoms with van der Waals surface area (Å²) in [6.07, 6.45) is 3.56. The van der Waals surface area contributed by atoms with E-state index in [1.165, 1.54) is 5.56 Å². The number of carboxylic acid groups (broad SMARTS) is 1. The van der Waals surface area contributed by atoms with Crippen LogP contribution in [0.2, 0.25) is 0 Å². The van der Waals surface area contributed by atoms with E-state index in [1.54, 1.807) is 6.20 Å². The number of aromatic nitrogens is 1. The fourth-order valence-corrected chi connectivity index (χ4v) is 2.48. The minimum absolute atomic E-state index is 0.155. The number of aliphatic carboxylic acids is 1. The van der Waals surface area contributed by atoms with Crippen molar-refractivity contribution in [2.45, 2.75) is 39.5 Å². The molecule has 0 radical (unpaired) electrons. The van der Waals surface area contributed by atoms with Crippen molar-refractivity contribution < 1.29 is 19.1 Å². The fraction of sp³-hybridized carbons (Fsp3) is 0.421. The molecule has 1 amide bonds. The van der Waals surface area contributed by atoms with E-state index in [4.69, 9.17) is 9.52 Å². The topological polar surface area (TPSA) is 92.4 Å². The van der Waals surface area contributed by atoms with Crippen LogP contribution in [0.4, 0.5) is 0 Å². The summed E-state index contributed by atoms with van der Waals surface area (Å²) in [5.74, 6) is -0.447. The molecule has 2 rings (SSSR count). The van der Waals surface area contributed by atoms with E-state index in [9.17, 15) is 9.59 Å². The smallest absolute Gasteiger partial charge is 0.308 e. The first-order chi connectivity index (χ1) is 12.0. The molecule has 1 aromatic carbocycles. The molecule has 0 aliphatic heterocycles. The molecule has 0 spiro atoms. The van der Waals surface area contributed by atoms with Crippen molar-refractivity contribution in [1.29, 1.82) is 0 Å². The van der Waals surface area contributed by atoms with Crippen molar-refractivity contribution in [3.63, 3.8) is 0 Å². The molecule has 25 heavy (non-hydrogen) atoms. The Hall–Kier alpha value is -2.63. The third-order valence-electron chi connectivity index (χ3n) is 3.99. The second kappa shape index (κ2) is 9.01. The molecule has 2 N–H and O–H groups in total. The van der Waals surface area contributed by atoms with Crippen molar-refractivity contribution >= 4 is 11.9 Å².